The number of amides is 2. The number of benzene rings is 2. The van der Waals surface area contributed by atoms with Gasteiger partial charge in [0.05, 0.1) is 16.5 Å². The van der Waals surface area contributed by atoms with Gasteiger partial charge in [0, 0.05) is 32.0 Å². The lowest BCUT2D eigenvalue weighted by atomic mass is 10.1. The first kappa shape index (κ1) is 19.0. The molecule has 27 heavy (non-hydrogen) atoms. The predicted octanol–water partition coefficient (Wildman–Crippen LogP) is 2.25. The van der Waals surface area contributed by atoms with Crippen LogP contribution in [0.25, 0.3) is 0 Å². The van der Waals surface area contributed by atoms with E-state index < -0.39 is 21.6 Å². The van der Waals surface area contributed by atoms with Gasteiger partial charge in [-0.15, -0.1) is 0 Å². The Morgan fingerprint density at radius 3 is 2.37 bits per heavy atom. The highest BCUT2D eigenvalue weighted by molar-refractivity contribution is 7.90. The van der Waals surface area contributed by atoms with E-state index in [4.69, 9.17) is 0 Å². The monoisotopic (exact) mass is 390 g/mol. The van der Waals surface area contributed by atoms with Crippen molar-refractivity contribution in [2.75, 3.05) is 29.6 Å². The van der Waals surface area contributed by atoms with Gasteiger partial charge in [0.15, 0.2) is 9.84 Å². The van der Waals surface area contributed by atoms with E-state index in [1.807, 2.05) is 0 Å². The second-order valence-corrected chi connectivity index (χ2v) is 8.54. The summed E-state index contributed by atoms with van der Waals surface area (Å²) in [6.07, 6.45) is 1.11. The van der Waals surface area contributed by atoms with Crippen LogP contribution in [0.5, 0.6) is 0 Å². The molecule has 142 valence electrons. The predicted molar refractivity (Wildman–Crippen MR) is 99.8 cm³/mol. The van der Waals surface area contributed by atoms with Crippen LogP contribution in [0, 0.1) is 11.7 Å². The van der Waals surface area contributed by atoms with Crippen LogP contribution in [0.1, 0.15) is 6.42 Å². The van der Waals surface area contributed by atoms with Crippen LogP contribution in [0.4, 0.5) is 15.8 Å². The highest BCUT2D eigenvalue weighted by Gasteiger charge is 2.37. The van der Waals surface area contributed by atoms with Gasteiger partial charge in [-0.2, -0.15) is 0 Å². The molecule has 1 atom stereocenters. The number of rotatable bonds is 4. The molecule has 1 aliphatic rings. The molecule has 1 saturated heterocycles. The first-order valence-electron chi connectivity index (χ1n) is 8.31. The third-order valence-corrected chi connectivity index (χ3v) is 5.73. The van der Waals surface area contributed by atoms with Crippen LogP contribution in [0.2, 0.25) is 0 Å². The summed E-state index contributed by atoms with van der Waals surface area (Å²) in [5.41, 5.74) is 0.683. The molecule has 3 rings (SSSR count). The van der Waals surface area contributed by atoms with Crippen molar-refractivity contribution in [3.63, 3.8) is 0 Å². The highest BCUT2D eigenvalue weighted by Crippen LogP contribution is 2.29. The number of para-hydroxylation sites is 1. The molecular weight excluding hydrogens is 371 g/mol. The summed E-state index contributed by atoms with van der Waals surface area (Å²) in [4.78, 5) is 27.9. The summed E-state index contributed by atoms with van der Waals surface area (Å²) in [5, 5.41) is 0. The molecule has 0 aliphatic carbocycles. The van der Waals surface area contributed by atoms with E-state index in [9.17, 15) is 22.4 Å². The molecule has 2 aromatic rings. The minimum absolute atomic E-state index is 0.00106. The maximum absolute atomic E-state index is 14.0. The Morgan fingerprint density at radius 1 is 1.15 bits per heavy atom. The number of sulfone groups is 1. The third-order valence-electron chi connectivity index (χ3n) is 4.60. The second-order valence-electron chi connectivity index (χ2n) is 6.52. The Balaban J connectivity index is 1.76. The highest BCUT2D eigenvalue weighted by atomic mass is 32.2. The summed E-state index contributed by atoms with van der Waals surface area (Å²) < 4.78 is 37.0. The van der Waals surface area contributed by atoms with Gasteiger partial charge in [-0.1, -0.05) is 12.1 Å². The van der Waals surface area contributed by atoms with Crippen LogP contribution in [-0.2, 0) is 19.4 Å². The van der Waals surface area contributed by atoms with Gasteiger partial charge in [-0.25, -0.2) is 12.8 Å². The molecule has 0 aromatic heterocycles. The van der Waals surface area contributed by atoms with Gasteiger partial charge in [-0.3, -0.25) is 9.59 Å². The van der Waals surface area contributed by atoms with Gasteiger partial charge in [0.1, 0.15) is 5.82 Å². The van der Waals surface area contributed by atoms with Crippen molar-refractivity contribution in [2.24, 2.45) is 5.92 Å². The van der Waals surface area contributed by atoms with Gasteiger partial charge >= 0.3 is 0 Å². The normalized spacial score (nSPS) is 17.2. The quantitative estimate of drug-likeness (QED) is 0.803. The summed E-state index contributed by atoms with van der Waals surface area (Å²) in [5.74, 6) is -1.70. The van der Waals surface area contributed by atoms with Crippen molar-refractivity contribution in [1.82, 2.24) is 0 Å². The maximum Gasteiger partial charge on any atom is 0.232 e. The average molecular weight is 390 g/mol. The Kier molecular flexibility index (Phi) is 5.01. The first-order valence-corrected chi connectivity index (χ1v) is 10.2. The topological polar surface area (TPSA) is 74.8 Å². The molecule has 0 N–H and O–H groups in total. The van der Waals surface area contributed by atoms with Gasteiger partial charge in [0.2, 0.25) is 11.8 Å². The number of hydrogen-bond acceptors (Lipinski definition) is 4. The SMILES string of the molecule is CN(C(=O)C1CC(=O)N(c2ccccc2F)C1)c1ccc(S(C)(=O)=O)cc1. The molecule has 8 heteroatoms. The molecule has 0 spiro atoms. The minimum Gasteiger partial charge on any atom is -0.315 e. The van der Waals surface area contributed by atoms with E-state index in [0.29, 0.717) is 5.69 Å². The molecule has 1 heterocycles. The van der Waals surface area contributed by atoms with Crippen molar-refractivity contribution in [1.29, 1.82) is 0 Å². The van der Waals surface area contributed by atoms with Crippen molar-refractivity contribution in [3.8, 4) is 0 Å². The molecule has 6 nitrogen and oxygen atoms in total. The smallest absolute Gasteiger partial charge is 0.232 e. The van der Waals surface area contributed by atoms with E-state index in [2.05, 4.69) is 0 Å². The lowest BCUT2D eigenvalue weighted by molar-refractivity contribution is -0.124. The summed E-state index contributed by atoms with van der Waals surface area (Å²) in [7, 11) is -1.76. The van der Waals surface area contributed by atoms with Crippen LogP contribution < -0.4 is 9.80 Å². The molecule has 2 aromatic carbocycles. The molecule has 2 amide bonds. The van der Waals surface area contributed by atoms with E-state index in [-0.39, 0.29) is 35.4 Å². The molecule has 1 unspecified atom stereocenters. The average Bonchev–Trinajstić information content (AvgIpc) is 3.02. The van der Waals surface area contributed by atoms with Crippen LogP contribution >= 0.6 is 0 Å². The van der Waals surface area contributed by atoms with E-state index >= 15 is 0 Å². The Morgan fingerprint density at radius 2 is 1.78 bits per heavy atom. The number of carbonyl (C=O) groups excluding carboxylic acids is 2. The van der Waals surface area contributed by atoms with E-state index in [0.717, 1.165) is 6.26 Å². The molecule has 0 bridgehead atoms. The van der Waals surface area contributed by atoms with Gasteiger partial charge < -0.3 is 9.80 Å². The van der Waals surface area contributed by atoms with Crippen molar-refractivity contribution in [2.45, 2.75) is 11.3 Å². The Hall–Kier alpha value is -2.74. The van der Waals surface area contributed by atoms with E-state index in [1.165, 1.54) is 40.1 Å². The lowest BCUT2D eigenvalue weighted by Crippen LogP contribution is -2.34. The van der Waals surface area contributed by atoms with Crippen molar-refractivity contribution < 1.29 is 22.4 Å². The molecule has 1 fully saturated rings. The number of nitrogens with zero attached hydrogens (tertiary/aromatic N) is 2. The standard InChI is InChI=1S/C19H19FN2O4S/c1-21(14-7-9-15(10-8-14)27(2,25)26)19(24)13-11-18(23)22(12-13)17-6-4-3-5-16(17)20/h3-10,13H,11-12H2,1-2H3. The van der Waals surface area contributed by atoms with Crippen LogP contribution in [0.3, 0.4) is 0 Å². The van der Waals surface area contributed by atoms with Crippen LogP contribution in [0.15, 0.2) is 53.4 Å². The fourth-order valence-corrected chi connectivity index (χ4v) is 3.72. The maximum atomic E-state index is 14.0. The largest absolute Gasteiger partial charge is 0.315 e. The zero-order valence-corrected chi connectivity index (χ0v) is 15.7. The molecule has 0 radical (unpaired) electrons. The summed E-state index contributed by atoms with van der Waals surface area (Å²) in [6, 6.07) is 11.9. The zero-order chi connectivity index (χ0) is 19.8. The third kappa shape index (κ3) is 3.85. The number of hydrogen-bond donors (Lipinski definition) is 0. The first-order chi connectivity index (χ1) is 12.7. The minimum atomic E-state index is -3.32. The number of carbonyl (C=O) groups is 2. The van der Waals surface area contributed by atoms with E-state index in [1.54, 1.807) is 25.2 Å². The molecule has 1 aliphatic heterocycles. The lowest BCUT2D eigenvalue weighted by Gasteiger charge is -2.22. The molecular formula is C19H19FN2O4S. The number of anilines is 2. The Bertz CT molecular complexity index is 989. The fourth-order valence-electron chi connectivity index (χ4n) is 3.09. The summed E-state index contributed by atoms with van der Waals surface area (Å²) in [6.45, 7) is 0.102. The fraction of sp³-hybridized carbons (Fsp3) is 0.263. The second kappa shape index (κ2) is 7.11. The van der Waals surface area contributed by atoms with Gasteiger partial charge in [0.25, 0.3) is 0 Å². The zero-order valence-electron chi connectivity index (χ0n) is 14.9. The molecule has 0 saturated carbocycles. The number of halogens is 1. The van der Waals surface area contributed by atoms with Crippen LogP contribution in [-0.4, -0.2) is 40.1 Å². The van der Waals surface area contributed by atoms with Gasteiger partial charge in [-0.05, 0) is 36.4 Å². The van der Waals surface area contributed by atoms with Crippen molar-refractivity contribution >= 4 is 33.0 Å². The van der Waals surface area contributed by atoms with Crippen molar-refractivity contribution in [3.05, 3.63) is 54.3 Å². The summed E-state index contributed by atoms with van der Waals surface area (Å²) >= 11 is 0. The Labute approximate surface area is 157 Å².